The Balaban J connectivity index is 1.89. The van der Waals surface area contributed by atoms with Crippen LogP contribution in [0.5, 0.6) is 0 Å². The van der Waals surface area contributed by atoms with Crippen LogP contribution >= 0.6 is 0 Å². The average molecular weight is 248 g/mol. The molecule has 1 heterocycles. The summed E-state index contributed by atoms with van der Waals surface area (Å²) in [7, 11) is 0. The Bertz CT molecular complexity index is 579. The molecule has 0 spiro atoms. The van der Waals surface area contributed by atoms with E-state index in [0.29, 0.717) is 5.39 Å². The van der Waals surface area contributed by atoms with Crippen LogP contribution in [-0.4, -0.2) is 11.5 Å². The summed E-state index contributed by atoms with van der Waals surface area (Å²) in [6.45, 7) is 0.835. The lowest BCUT2D eigenvalue weighted by molar-refractivity contribution is 0.590. The van der Waals surface area contributed by atoms with Gasteiger partial charge in [0.2, 0.25) is 0 Å². The molecule has 2 nitrogen and oxygen atoms in total. The van der Waals surface area contributed by atoms with Crippen molar-refractivity contribution in [2.75, 3.05) is 11.9 Å². The van der Waals surface area contributed by atoms with E-state index in [1.807, 2.05) is 0 Å². The molecule has 3 rings (SSSR count). The number of anilines is 1. The van der Waals surface area contributed by atoms with Gasteiger partial charge in [-0.05, 0) is 24.5 Å². The lowest BCUT2D eigenvalue weighted by Gasteiger charge is -2.09. The second-order valence-corrected chi connectivity index (χ2v) is 4.80. The summed E-state index contributed by atoms with van der Waals surface area (Å²) in [5.74, 6) is -0.354. The zero-order chi connectivity index (χ0) is 12.5. The standard InChI is InChI=1S/C14H14F2N2/c15-10-7-11-13(17-5-3-9-1-2-9)4-6-18-14(11)12(16)8-10/h4,6-9H,1-3,5H2,(H,17,18). The lowest BCUT2D eigenvalue weighted by atomic mass is 10.1. The molecule has 0 unspecified atom stereocenters. The first-order valence-electron chi connectivity index (χ1n) is 6.21. The van der Waals surface area contributed by atoms with Crippen LogP contribution in [0, 0.1) is 17.6 Å². The number of fused-ring (bicyclic) bond motifs is 1. The Morgan fingerprint density at radius 1 is 1.28 bits per heavy atom. The Morgan fingerprint density at radius 2 is 2.11 bits per heavy atom. The summed E-state index contributed by atoms with van der Waals surface area (Å²) in [5, 5.41) is 3.75. The van der Waals surface area contributed by atoms with Crippen molar-refractivity contribution in [3.63, 3.8) is 0 Å². The van der Waals surface area contributed by atoms with E-state index in [1.165, 1.54) is 18.9 Å². The van der Waals surface area contributed by atoms with Crippen molar-refractivity contribution in [1.29, 1.82) is 0 Å². The van der Waals surface area contributed by atoms with Gasteiger partial charge in [0.15, 0.2) is 5.82 Å². The van der Waals surface area contributed by atoms with Gasteiger partial charge in [-0.15, -0.1) is 0 Å². The molecular formula is C14H14F2N2. The number of hydrogen-bond acceptors (Lipinski definition) is 2. The van der Waals surface area contributed by atoms with Crippen molar-refractivity contribution in [3.8, 4) is 0 Å². The van der Waals surface area contributed by atoms with E-state index in [9.17, 15) is 8.78 Å². The lowest BCUT2D eigenvalue weighted by Crippen LogP contribution is -2.03. The molecule has 2 aromatic rings. The van der Waals surface area contributed by atoms with Crippen molar-refractivity contribution in [3.05, 3.63) is 36.0 Å². The van der Waals surface area contributed by atoms with Crippen molar-refractivity contribution < 1.29 is 8.78 Å². The predicted octanol–water partition coefficient (Wildman–Crippen LogP) is 3.73. The van der Waals surface area contributed by atoms with Crippen LogP contribution in [0.25, 0.3) is 10.9 Å². The first-order chi connectivity index (χ1) is 8.74. The first kappa shape index (κ1) is 11.4. The van der Waals surface area contributed by atoms with Gasteiger partial charge >= 0.3 is 0 Å². The zero-order valence-corrected chi connectivity index (χ0v) is 9.92. The SMILES string of the molecule is Fc1cc(F)c2nccc(NCCC3CC3)c2c1. The number of nitrogens with zero attached hydrogens (tertiary/aromatic N) is 1. The molecule has 1 saturated carbocycles. The number of hydrogen-bond donors (Lipinski definition) is 1. The second kappa shape index (κ2) is 4.52. The molecule has 0 atom stereocenters. The monoisotopic (exact) mass is 248 g/mol. The molecule has 1 N–H and O–H groups in total. The number of benzene rings is 1. The number of nitrogens with one attached hydrogen (secondary N) is 1. The minimum Gasteiger partial charge on any atom is -0.384 e. The summed E-state index contributed by atoms with van der Waals surface area (Å²) in [6.07, 6.45) is 5.27. The molecule has 0 bridgehead atoms. The molecule has 1 aliphatic rings. The van der Waals surface area contributed by atoms with Crippen LogP contribution in [0.2, 0.25) is 0 Å². The zero-order valence-electron chi connectivity index (χ0n) is 9.92. The summed E-state index contributed by atoms with van der Waals surface area (Å²) >= 11 is 0. The maximum Gasteiger partial charge on any atom is 0.152 e. The highest BCUT2D eigenvalue weighted by atomic mass is 19.1. The third-order valence-electron chi connectivity index (χ3n) is 3.33. The van der Waals surface area contributed by atoms with Crippen molar-refractivity contribution in [2.45, 2.75) is 19.3 Å². The minimum absolute atomic E-state index is 0.216. The summed E-state index contributed by atoms with van der Waals surface area (Å²) < 4.78 is 26.8. The second-order valence-electron chi connectivity index (χ2n) is 4.80. The topological polar surface area (TPSA) is 24.9 Å². The maximum absolute atomic E-state index is 13.6. The first-order valence-corrected chi connectivity index (χ1v) is 6.21. The molecule has 4 heteroatoms. The molecule has 1 aromatic carbocycles. The highest BCUT2D eigenvalue weighted by molar-refractivity contribution is 5.91. The molecule has 1 aromatic heterocycles. The summed E-state index contributed by atoms with van der Waals surface area (Å²) in [4.78, 5) is 3.96. The quantitative estimate of drug-likeness (QED) is 0.891. The number of pyridine rings is 1. The normalized spacial score (nSPS) is 15.0. The molecule has 0 radical (unpaired) electrons. The molecule has 1 fully saturated rings. The van der Waals surface area contributed by atoms with Crippen LogP contribution in [0.1, 0.15) is 19.3 Å². The fourth-order valence-electron chi connectivity index (χ4n) is 2.15. The molecule has 0 aliphatic heterocycles. The van der Waals surface area contributed by atoms with Gasteiger partial charge in [0, 0.05) is 29.9 Å². The number of aromatic nitrogens is 1. The van der Waals surface area contributed by atoms with Crippen molar-refractivity contribution in [2.24, 2.45) is 5.92 Å². The maximum atomic E-state index is 13.6. The van der Waals surface area contributed by atoms with Gasteiger partial charge in [-0.2, -0.15) is 0 Å². The largest absolute Gasteiger partial charge is 0.384 e. The van der Waals surface area contributed by atoms with Gasteiger partial charge in [0.1, 0.15) is 11.3 Å². The Hall–Kier alpha value is -1.71. The van der Waals surface area contributed by atoms with Crippen LogP contribution in [0.3, 0.4) is 0 Å². The highest BCUT2D eigenvalue weighted by Crippen LogP contribution is 2.32. The Morgan fingerprint density at radius 3 is 2.89 bits per heavy atom. The van der Waals surface area contributed by atoms with E-state index in [-0.39, 0.29) is 5.52 Å². The Labute approximate surface area is 104 Å². The molecule has 1 aliphatic carbocycles. The smallest absolute Gasteiger partial charge is 0.152 e. The Kier molecular flexibility index (Phi) is 2.86. The third-order valence-corrected chi connectivity index (χ3v) is 3.33. The minimum atomic E-state index is -0.615. The van der Waals surface area contributed by atoms with Crippen molar-refractivity contribution in [1.82, 2.24) is 4.98 Å². The van der Waals surface area contributed by atoms with Crippen LogP contribution in [0.15, 0.2) is 24.4 Å². The van der Waals surface area contributed by atoms with E-state index >= 15 is 0 Å². The molecular weight excluding hydrogens is 234 g/mol. The third kappa shape index (κ3) is 2.28. The fraction of sp³-hybridized carbons (Fsp3) is 0.357. The highest BCUT2D eigenvalue weighted by Gasteiger charge is 2.20. The predicted molar refractivity (Wildman–Crippen MR) is 67.5 cm³/mol. The van der Waals surface area contributed by atoms with E-state index in [2.05, 4.69) is 10.3 Å². The van der Waals surface area contributed by atoms with Gasteiger partial charge in [0.05, 0.1) is 0 Å². The van der Waals surface area contributed by atoms with Crippen molar-refractivity contribution >= 4 is 16.6 Å². The van der Waals surface area contributed by atoms with Crippen LogP contribution < -0.4 is 5.32 Å². The van der Waals surface area contributed by atoms with E-state index in [4.69, 9.17) is 0 Å². The molecule has 18 heavy (non-hydrogen) atoms. The molecule has 94 valence electrons. The van der Waals surface area contributed by atoms with Crippen LogP contribution in [-0.2, 0) is 0 Å². The molecule has 0 saturated heterocycles. The van der Waals surface area contributed by atoms with E-state index in [1.54, 1.807) is 12.3 Å². The summed E-state index contributed by atoms with van der Waals surface area (Å²) in [5.41, 5.74) is 0.965. The average Bonchev–Trinajstić information content (AvgIpc) is 3.14. The fourth-order valence-corrected chi connectivity index (χ4v) is 2.15. The van der Waals surface area contributed by atoms with E-state index < -0.39 is 11.6 Å². The number of rotatable bonds is 4. The number of halogens is 2. The van der Waals surface area contributed by atoms with Crippen LogP contribution in [0.4, 0.5) is 14.5 Å². The van der Waals surface area contributed by atoms with E-state index in [0.717, 1.165) is 30.6 Å². The van der Waals surface area contributed by atoms with Gasteiger partial charge in [0.25, 0.3) is 0 Å². The van der Waals surface area contributed by atoms with Gasteiger partial charge in [-0.3, -0.25) is 4.98 Å². The van der Waals surface area contributed by atoms with Gasteiger partial charge in [-0.25, -0.2) is 8.78 Å². The van der Waals surface area contributed by atoms with Gasteiger partial charge < -0.3 is 5.32 Å². The molecule has 0 amide bonds. The summed E-state index contributed by atoms with van der Waals surface area (Å²) in [6, 6.07) is 3.95. The van der Waals surface area contributed by atoms with Gasteiger partial charge in [-0.1, -0.05) is 12.8 Å².